The lowest BCUT2D eigenvalue weighted by molar-refractivity contribution is -0.150. The number of halogens is 4. The molecule has 2 fully saturated rings. The van der Waals surface area contributed by atoms with Gasteiger partial charge in [0.25, 0.3) is 0 Å². The average Bonchev–Trinajstić information content (AvgIpc) is 2.36. The second-order valence-corrected chi connectivity index (χ2v) is 5.87. The molecule has 122 valence electrons. The zero-order chi connectivity index (χ0) is 15.6. The van der Waals surface area contributed by atoms with Crippen LogP contribution < -0.4 is 5.32 Å². The number of amides is 1. The molecule has 0 aromatic heterocycles. The van der Waals surface area contributed by atoms with Crippen LogP contribution in [0, 0.1) is 11.8 Å². The van der Waals surface area contributed by atoms with E-state index in [0.29, 0.717) is 19.0 Å². The summed E-state index contributed by atoms with van der Waals surface area (Å²) in [5.41, 5.74) is 0. The van der Waals surface area contributed by atoms with Crippen LogP contribution in [0.25, 0.3) is 0 Å². The van der Waals surface area contributed by atoms with Crippen LogP contribution in [0.5, 0.6) is 0 Å². The molecule has 0 aromatic rings. The van der Waals surface area contributed by atoms with Crippen molar-refractivity contribution in [3.63, 3.8) is 0 Å². The fourth-order valence-corrected chi connectivity index (χ4v) is 2.65. The molecule has 2 heterocycles. The summed E-state index contributed by atoms with van der Waals surface area (Å²) in [5.74, 6) is -3.71. The van der Waals surface area contributed by atoms with Gasteiger partial charge in [0.05, 0.1) is 6.54 Å². The maximum absolute atomic E-state index is 13.0. The first kappa shape index (κ1) is 16.5. The number of nitrogens with one attached hydrogen (secondary N) is 1. The highest BCUT2D eigenvalue weighted by atomic mass is 19.3. The summed E-state index contributed by atoms with van der Waals surface area (Å²) < 4.78 is 50.3. The van der Waals surface area contributed by atoms with Gasteiger partial charge in [-0.2, -0.15) is 8.78 Å². The van der Waals surface area contributed by atoms with E-state index in [4.69, 9.17) is 0 Å². The van der Waals surface area contributed by atoms with Crippen molar-refractivity contribution in [1.29, 1.82) is 0 Å². The van der Waals surface area contributed by atoms with Gasteiger partial charge < -0.3 is 10.2 Å². The Kier molecular flexibility index (Phi) is 5.08. The lowest BCUT2D eigenvalue weighted by Crippen LogP contribution is -2.56. The number of carbonyl (C=O) groups excluding carboxylic acids is 1. The van der Waals surface area contributed by atoms with Gasteiger partial charge in [-0.25, -0.2) is 8.78 Å². The molecular formula is C13H21F4N3O. The topological polar surface area (TPSA) is 35.6 Å². The van der Waals surface area contributed by atoms with Crippen LogP contribution in [0.2, 0.25) is 0 Å². The van der Waals surface area contributed by atoms with Crippen LogP contribution in [0.3, 0.4) is 0 Å². The maximum atomic E-state index is 13.0. The largest absolute Gasteiger partial charge is 0.340 e. The van der Waals surface area contributed by atoms with E-state index in [-0.39, 0.29) is 24.9 Å². The Labute approximate surface area is 121 Å². The van der Waals surface area contributed by atoms with Gasteiger partial charge in [0, 0.05) is 32.1 Å². The van der Waals surface area contributed by atoms with Crippen LogP contribution in [-0.4, -0.2) is 73.9 Å². The quantitative estimate of drug-likeness (QED) is 0.766. The molecule has 0 radical (unpaired) electrons. The van der Waals surface area contributed by atoms with Crippen molar-refractivity contribution in [2.45, 2.75) is 19.3 Å². The number of nitrogens with zero attached hydrogens (tertiary/aromatic N) is 2. The average molecular weight is 311 g/mol. The van der Waals surface area contributed by atoms with E-state index in [1.54, 1.807) is 4.90 Å². The SMILES string of the molecule is CC(C(=O)N1CCN(CC(F)(F)C(F)F)CC1)C1CNC1. The van der Waals surface area contributed by atoms with Crippen LogP contribution in [-0.2, 0) is 4.79 Å². The Morgan fingerprint density at radius 3 is 2.24 bits per heavy atom. The normalized spacial score (nSPS) is 23.2. The second kappa shape index (κ2) is 6.48. The van der Waals surface area contributed by atoms with E-state index in [9.17, 15) is 22.4 Å². The highest BCUT2D eigenvalue weighted by molar-refractivity contribution is 5.79. The monoisotopic (exact) mass is 311 g/mol. The molecule has 21 heavy (non-hydrogen) atoms. The highest BCUT2D eigenvalue weighted by Gasteiger charge is 2.43. The Morgan fingerprint density at radius 2 is 1.81 bits per heavy atom. The lowest BCUT2D eigenvalue weighted by atomic mass is 9.88. The van der Waals surface area contributed by atoms with Gasteiger partial charge in [-0.1, -0.05) is 6.92 Å². The molecule has 0 aliphatic carbocycles. The Bertz CT molecular complexity index is 368. The van der Waals surface area contributed by atoms with E-state index in [2.05, 4.69) is 5.32 Å². The Balaban J connectivity index is 1.78. The second-order valence-electron chi connectivity index (χ2n) is 5.87. The van der Waals surface area contributed by atoms with Crippen LogP contribution >= 0.6 is 0 Å². The number of hydrogen-bond donors (Lipinski definition) is 1. The van der Waals surface area contributed by atoms with E-state index in [1.807, 2.05) is 6.92 Å². The summed E-state index contributed by atoms with van der Waals surface area (Å²) in [6, 6.07) is 0. The first-order valence-electron chi connectivity index (χ1n) is 7.19. The van der Waals surface area contributed by atoms with Crippen molar-refractivity contribution >= 4 is 5.91 Å². The van der Waals surface area contributed by atoms with Gasteiger partial charge in [-0.3, -0.25) is 9.69 Å². The molecule has 1 atom stereocenters. The molecule has 0 aromatic carbocycles. The molecule has 2 saturated heterocycles. The molecule has 2 aliphatic rings. The fourth-order valence-electron chi connectivity index (χ4n) is 2.65. The van der Waals surface area contributed by atoms with Crippen molar-refractivity contribution in [1.82, 2.24) is 15.1 Å². The predicted molar refractivity (Wildman–Crippen MR) is 69.5 cm³/mol. The van der Waals surface area contributed by atoms with Crippen molar-refractivity contribution in [2.75, 3.05) is 45.8 Å². The number of rotatable bonds is 5. The standard InChI is InChI=1S/C13H21F4N3O/c1-9(10-6-18-7-10)11(21)20-4-2-19(3-5-20)8-13(16,17)12(14)15/h9-10,12,18H,2-8H2,1H3. The van der Waals surface area contributed by atoms with Gasteiger partial charge in [0.2, 0.25) is 5.91 Å². The van der Waals surface area contributed by atoms with E-state index >= 15 is 0 Å². The molecule has 0 saturated carbocycles. The molecular weight excluding hydrogens is 290 g/mol. The molecule has 4 nitrogen and oxygen atoms in total. The van der Waals surface area contributed by atoms with Crippen molar-refractivity contribution in [3.05, 3.63) is 0 Å². The molecule has 1 amide bonds. The zero-order valence-corrected chi connectivity index (χ0v) is 12.0. The fraction of sp³-hybridized carbons (Fsp3) is 0.923. The van der Waals surface area contributed by atoms with Gasteiger partial charge in [-0.15, -0.1) is 0 Å². The molecule has 2 aliphatic heterocycles. The minimum Gasteiger partial charge on any atom is -0.340 e. The summed E-state index contributed by atoms with van der Waals surface area (Å²) in [6.07, 6.45) is -3.65. The van der Waals surface area contributed by atoms with Gasteiger partial charge in [0.15, 0.2) is 0 Å². The van der Waals surface area contributed by atoms with Crippen molar-refractivity contribution < 1.29 is 22.4 Å². The van der Waals surface area contributed by atoms with Crippen LogP contribution in [0.15, 0.2) is 0 Å². The third-order valence-corrected chi connectivity index (χ3v) is 4.35. The number of hydrogen-bond acceptors (Lipinski definition) is 3. The van der Waals surface area contributed by atoms with E-state index in [1.165, 1.54) is 4.90 Å². The van der Waals surface area contributed by atoms with Crippen LogP contribution in [0.1, 0.15) is 6.92 Å². The third kappa shape index (κ3) is 3.85. The number of alkyl halides is 4. The van der Waals surface area contributed by atoms with Gasteiger partial charge in [0.1, 0.15) is 0 Å². The summed E-state index contributed by atoms with van der Waals surface area (Å²) >= 11 is 0. The van der Waals surface area contributed by atoms with E-state index in [0.717, 1.165) is 13.1 Å². The first-order valence-corrected chi connectivity index (χ1v) is 7.19. The number of carbonyl (C=O) groups is 1. The molecule has 8 heteroatoms. The van der Waals surface area contributed by atoms with Crippen molar-refractivity contribution in [3.8, 4) is 0 Å². The smallest absolute Gasteiger partial charge is 0.319 e. The third-order valence-electron chi connectivity index (χ3n) is 4.35. The van der Waals surface area contributed by atoms with Gasteiger partial charge >= 0.3 is 12.3 Å². The minimum atomic E-state index is -3.99. The first-order chi connectivity index (χ1) is 9.81. The van der Waals surface area contributed by atoms with Crippen molar-refractivity contribution in [2.24, 2.45) is 11.8 Å². The van der Waals surface area contributed by atoms with Gasteiger partial charge in [-0.05, 0) is 19.0 Å². The van der Waals surface area contributed by atoms with E-state index < -0.39 is 18.9 Å². The molecule has 0 spiro atoms. The predicted octanol–water partition coefficient (Wildman–Crippen LogP) is 0.887. The molecule has 2 rings (SSSR count). The summed E-state index contributed by atoms with van der Waals surface area (Å²) in [4.78, 5) is 15.2. The minimum absolute atomic E-state index is 0.0294. The zero-order valence-electron chi connectivity index (χ0n) is 12.0. The highest BCUT2D eigenvalue weighted by Crippen LogP contribution is 2.25. The lowest BCUT2D eigenvalue weighted by Gasteiger charge is -2.39. The van der Waals surface area contributed by atoms with Crippen LogP contribution in [0.4, 0.5) is 17.6 Å². The maximum Gasteiger partial charge on any atom is 0.319 e. The Morgan fingerprint density at radius 1 is 1.24 bits per heavy atom. The summed E-state index contributed by atoms with van der Waals surface area (Å²) in [5, 5.41) is 3.11. The Hall–Kier alpha value is -0.890. The molecule has 1 N–H and O–H groups in total. The number of piperazine rings is 1. The molecule has 0 bridgehead atoms. The summed E-state index contributed by atoms with van der Waals surface area (Å²) in [6.45, 7) is 3.65. The summed E-state index contributed by atoms with van der Waals surface area (Å²) in [7, 11) is 0. The molecule has 1 unspecified atom stereocenters.